The monoisotopic (exact) mass is 300 g/mol. The van der Waals surface area contributed by atoms with E-state index in [2.05, 4.69) is 17.2 Å². The Morgan fingerprint density at radius 1 is 1.14 bits per heavy atom. The van der Waals surface area contributed by atoms with E-state index >= 15 is 0 Å². The minimum Gasteiger partial charge on any atom is -0.441 e. The summed E-state index contributed by atoms with van der Waals surface area (Å²) < 4.78 is 5.81. The van der Waals surface area contributed by atoms with Crippen molar-refractivity contribution in [3.8, 4) is 0 Å². The lowest BCUT2D eigenvalue weighted by Crippen LogP contribution is -2.23. The number of hydrogen-bond donors (Lipinski definition) is 1. The summed E-state index contributed by atoms with van der Waals surface area (Å²) in [5, 5.41) is 4.21. The van der Waals surface area contributed by atoms with Crippen LogP contribution in [0.2, 0.25) is 5.02 Å². The number of benzene rings is 2. The van der Waals surface area contributed by atoms with Crippen molar-refractivity contribution >= 4 is 22.7 Å². The molecule has 108 valence electrons. The molecule has 0 bridgehead atoms. The van der Waals surface area contributed by atoms with E-state index in [0.717, 1.165) is 28.6 Å². The van der Waals surface area contributed by atoms with E-state index in [1.165, 1.54) is 5.56 Å². The first-order valence-corrected chi connectivity index (χ1v) is 7.47. The van der Waals surface area contributed by atoms with Gasteiger partial charge in [-0.2, -0.15) is 0 Å². The summed E-state index contributed by atoms with van der Waals surface area (Å²) >= 11 is 5.96. The third-order valence-electron chi connectivity index (χ3n) is 3.44. The molecule has 4 heteroatoms. The number of hydrogen-bond acceptors (Lipinski definition) is 3. The van der Waals surface area contributed by atoms with Gasteiger partial charge in [0.2, 0.25) is 0 Å². The molecule has 0 saturated heterocycles. The zero-order valence-corrected chi connectivity index (χ0v) is 12.6. The van der Waals surface area contributed by atoms with Gasteiger partial charge in [-0.05, 0) is 36.4 Å². The molecule has 1 unspecified atom stereocenters. The van der Waals surface area contributed by atoms with Crippen LogP contribution >= 0.6 is 11.6 Å². The summed E-state index contributed by atoms with van der Waals surface area (Å²) in [6, 6.07) is 15.9. The molecular formula is C17H17ClN2O. The molecule has 0 aliphatic rings. The van der Waals surface area contributed by atoms with E-state index in [-0.39, 0.29) is 6.04 Å². The van der Waals surface area contributed by atoms with Crippen LogP contribution in [0.5, 0.6) is 0 Å². The molecule has 21 heavy (non-hydrogen) atoms. The molecule has 1 heterocycles. The minimum absolute atomic E-state index is 0.167. The number of fused-ring (bicyclic) bond motifs is 1. The third-order valence-corrected chi connectivity index (χ3v) is 3.69. The first kappa shape index (κ1) is 14.1. The van der Waals surface area contributed by atoms with Gasteiger partial charge in [0, 0.05) is 17.5 Å². The molecule has 1 aromatic heterocycles. The average Bonchev–Trinajstić information content (AvgIpc) is 2.90. The Hall–Kier alpha value is -1.84. The fourth-order valence-corrected chi connectivity index (χ4v) is 2.56. The molecule has 1 atom stereocenters. The van der Waals surface area contributed by atoms with Gasteiger partial charge < -0.3 is 9.73 Å². The van der Waals surface area contributed by atoms with Crippen molar-refractivity contribution in [1.29, 1.82) is 0 Å². The highest BCUT2D eigenvalue weighted by Gasteiger charge is 2.15. The van der Waals surface area contributed by atoms with E-state index < -0.39 is 0 Å². The lowest BCUT2D eigenvalue weighted by atomic mass is 10.0. The van der Waals surface area contributed by atoms with Crippen molar-refractivity contribution in [3.63, 3.8) is 0 Å². The number of oxazole rings is 1. The van der Waals surface area contributed by atoms with Crippen LogP contribution < -0.4 is 5.32 Å². The Balaban J connectivity index is 1.85. The number of aromatic nitrogens is 1. The predicted molar refractivity (Wildman–Crippen MR) is 85.6 cm³/mol. The number of nitrogens with one attached hydrogen (secondary N) is 1. The lowest BCUT2D eigenvalue weighted by Gasteiger charge is -2.16. The molecule has 0 aliphatic carbocycles. The van der Waals surface area contributed by atoms with Gasteiger partial charge in [0.25, 0.3) is 0 Å². The van der Waals surface area contributed by atoms with Gasteiger partial charge in [-0.25, -0.2) is 4.98 Å². The van der Waals surface area contributed by atoms with E-state index in [0.29, 0.717) is 6.42 Å². The molecule has 3 rings (SSSR count). The van der Waals surface area contributed by atoms with E-state index in [1.807, 2.05) is 48.5 Å². The zero-order valence-electron chi connectivity index (χ0n) is 11.8. The second kappa shape index (κ2) is 6.29. The summed E-state index contributed by atoms with van der Waals surface area (Å²) in [6.07, 6.45) is 0.712. The second-order valence-electron chi connectivity index (χ2n) is 4.94. The molecule has 0 fully saturated rings. The van der Waals surface area contributed by atoms with Gasteiger partial charge in [-0.1, -0.05) is 42.8 Å². The first-order valence-electron chi connectivity index (χ1n) is 7.09. The Bertz CT molecular complexity index is 688. The predicted octanol–water partition coefficient (Wildman–Crippen LogP) is 4.37. The van der Waals surface area contributed by atoms with E-state index in [1.54, 1.807) is 0 Å². The number of rotatable bonds is 5. The third kappa shape index (κ3) is 3.26. The van der Waals surface area contributed by atoms with Gasteiger partial charge in [0.1, 0.15) is 5.52 Å². The topological polar surface area (TPSA) is 38.1 Å². The Morgan fingerprint density at radius 2 is 1.90 bits per heavy atom. The highest BCUT2D eigenvalue weighted by Crippen LogP contribution is 2.22. The van der Waals surface area contributed by atoms with Gasteiger partial charge in [-0.3, -0.25) is 0 Å². The van der Waals surface area contributed by atoms with Crippen LogP contribution in [0, 0.1) is 0 Å². The van der Waals surface area contributed by atoms with Crippen LogP contribution in [0.25, 0.3) is 11.1 Å². The molecular weight excluding hydrogens is 284 g/mol. The maximum absolute atomic E-state index is 5.96. The highest BCUT2D eigenvalue weighted by atomic mass is 35.5. The molecule has 0 spiro atoms. The molecule has 0 aliphatic heterocycles. The average molecular weight is 301 g/mol. The number of likely N-dealkylation sites (N-methyl/N-ethyl adjacent to an activating group) is 1. The number of nitrogens with zero attached hydrogens (tertiary/aromatic N) is 1. The van der Waals surface area contributed by atoms with Crippen LogP contribution in [-0.4, -0.2) is 11.5 Å². The standard InChI is InChI=1S/C17H17ClN2O/c1-2-19-15(12-7-9-13(18)10-8-12)11-17-20-14-5-3-4-6-16(14)21-17/h3-10,15,19H,2,11H2,1H3. The van der Waals surface area contributed by atoms with Crippen molar-refractivity contribution in [2.75, 3.05) is 6.54 Å². The SMILES string of the molecule is CCNC(Cc1nc2ccccc2o1)c1ccc(Cl)cc1. The summed E-state index contributed by atoms with van der Waals surface area (Å²) in [4.78, 5) is 4.55. The number of para-hydroxylation sites is 2. The van der Waals surface area contributed by atoms with Gasteiger partial charge in [-0.15, -0.1) is 0 Å². The van der Waals surface area contributed by atoms with Gasteiger partial charge in [0.15, 0.2) is 11.5 Å². The summed E-state index contributed by atoms with van der Waals surface area (Å²) in [5.41, 5.74) is 2.92. The van der Waals surface area contributed by atoms with Crippen molar-refractivity contribution in [2.24, 2.45) is 0 Å². The van der Waals surface area contributed by atoms with Crippen LogP contribution in [0.15, 0.2) is 52.9 Å². The van der Waals surface area contributed by atoms with E-state index in [9.17, 15) is 0 Å². The van der Waals surface area contributed by atoms with Crippen molar-refractivity contribution in [1.82, 2.24) is 10.3 Å². The summed E-state index contributed by atoms with van der Waals surface area (Å²) in [6.45, 7) is 2.97. The van der Waals surface area contributed by atoms with Crippen LogP contribution in [0.4, 0.5) is 0 Å². The highest BCUT2D eigenvalue weighted by molar-refractivity contribution is 6.30. The van der Waals surface area contributed by atoms with Crippen LogP contribution in [0.3, 0.4) is 0 Å². The fourth-order valence-electron chi connectivity index (χ4n) is 2.43. The van der Waals surface area contributed by atoms with Crippen LogP contribution in [0.1, 0.15) is 24.4 Å². The fraction of sp³-hybridized carbons (Fsp3) is 0.235. The Morgan fingerprint density at radius 3 is 2.62 bits per heavy atom. The molecule has 1 N–H and O–H groups in total. The van der Waals surface area contributed by atoms with Gasteiger partial charge >= 0.3 is 0 Å². The van der Waals surface area contributed by atoms with Gasteiger partial charge in [0.05, 0.1) is 0 Å². The van der Waals surface area contributed by atoms with Crippen molar-refractivity contribution in [3.05, 3.63) is 65.0 Å². The molecule has 0 radical (unpaired) electrons. The normalized spacial score (nSPS) is 12.7. The second-order valence-corrected chi connectivity index (χ2v) is 5.38. The Labute approximate surface area is 128 Å². The van der Waals surface area contributed by atoms with Crippen molar-refractivity contribution in [2.45, 2.75) is 19.4 Å². The maximum Gasteiger partial charge on any atom is 0.197 e. The quantitative estimate of drug-likeness (QED) is 0.760. The maximum atomic E-state index is 5.96. The molecule has 0 amide bonds. The molecule has 3 aromatic rings. The molecule has 2 aromatic carbocycles. The smallest absolute Gasteiger partial charge is 0.197 e. The zero-order chi connectivity index (χ0) is 14.7. The largest absolute Gasteiger partial charge is 0.441 e. The summed E-state index contributed by atoms with van der Waals surface area (Å²) in [7, 11) is 0. The summed E-state index contributed by atoms with van der Waals surface area (Å²) in [5.74, 6) is 0.747. The molecule has 0 saturated carbocycles. The number of halogens is 1. The lowest BCUT2D eigenvalue weighted by molar-refractivity contribution is 0.460. The Kier molecular flexibility index (Phi) is 4.23. The molecule has 3 nitrogen and oxygen atoms in total. The van der Waals surface area contributed by atoms with Crippen molar-refractivity contribution < 1.29 is 4.42 Å². The van der Waals surface area contributed by atoms with E-state index in [4.69, 9.17) is 16.0 Å². The minimum atomic E-state index is 0.167. The first-order chi connectivity index (χ1) is 10.3. The van der Waals surface area contributed by atoms with Crippen LogP contribution in [-0.2, 0) is 6.42 Å².